The Morgan fingerprint density at radius 1 is 0.947 bits per heavy atom. The van der Waals surface area contributed by atoms with Crippen LogP contribution in [0.25, 0.3) is 0 Å². The summed E-state index contributed by atoms with van der Waals surface area (Å²) in [7, 11) is -2.19. The highest BCUT2D eigenvalue weighted by Crippen LogP contribution is 2.24. The van der Waals surface area contributed by atoms with Crippen molar-refractivity contribution in [2.24, 2.45) is 0 Å². The summed E-state index contributed by atoms with van der Waals surface area (Å²) in [6, 6.07) is 20.3. The molecule has 0 spiro atoms. The fourth-order valence-electron chi connectivity index (χ4n) is 4.25. The molecule has 3 aromatic carbocycles. The number of anilines is 1. The summed E-state index contributed by atoms with van der Waals surface area (Å²) in [5, 5.41) is 3.01. The summed E-state index contributed by atoms with van der Waals surface area (Å²) in [5.41, 5.74) is 1.86. The number of ether oxygens (including phenoxy) is 3. The normalized spacial score (nSPS) is 14.9. The molecule has 1 atom stereocenters. The first-order chi connectivity index (χ1) is 18.4. The number of morpholine rings is 1. The Kier molecular flexibility index (Phi) is 9.22. The number of carbonyl (C=O) groups is 1. The molecule has 0 aromatic heterocycles. The zero-order valence-corrected chi connectivity index (χ0v) is 22.4. The molecule has 2 N–H and O–H groups in total. The average molecular weight is 540 g/mol. The second kappa shape index (κ2) is 12.8. The van der Waals surface area contributed by atoms with E-state index in [1.807, 2.05) is 31.2 Å². The minimum Gasteiger partial charge on any atom is -0.497 e. The van der Waals surface area contributed by atoms with Crippen LogP contribution in [0.4, 0.5) is 5.69 Å². The van der Waals surface area contributed by atoms with Gasteiger partial charge in [-0.1, -0.05) is 12.1 Å². The van der Waals surface area contributed by atoms with Crippen molar-refractivity contribution in [1.82, 2.24) is 10.2 Å². The van der Waals surface area contributed by atoms with Gasteiger partial charge in [-0.05, 0) is 73.2 Å². The van der Waals surface area contributed by atoms with Gasteiger partial charge in [0.2, 0.25) is 0 Å². The van der Waals surface area contributed by atoms with Crippen molar-refractivity contribution in [2.75, 3.05) is 51.3 Å². The molecule has 0 aliphatic carbocycles. The van der Waals surface area contributed by atoms with Crippen LogP contribution in [0.2, 0.25) is 0 Å². The zero-order chi connectivity index (χ0) is 27.0. The Bertz CT molecular complexity index is 1290. The van der Waals surface area contributed by atoms with E-state index in [0.29, 0.717) is 43.4 Å². The molecule has 3 aromatic rings. The van der Waals surface area contributed by atoms with Crippen molar-refractivity contribution in [3.8, 4) is 11.5 Å². The highest BCUT2D eigenvalue weighted by atomic mass is 32.2. The molecule has 1 heterocycles. The molecule has 9 nitrogen and oxygen atoms in total. The number of sulfonamides is 1. The van der Waals surface area contributed by atoms with E-state index in [0.717, 1.165) is 24.4 Å². The topological polar surface area (TPSA) is 106 Å². The maximum absolute atomic E-state index is 12.9. The fraction of sp³-hybridized carbons (Fsp3) is 0.321. The standard InChI is InChI=1S/C28H33N3O6S/c1-3-37-25-12-8-23(9-13-25)30-38(33,34)26-14-6-22(7-15-26)28(32)29-20-27(31-16-18-36-19-17-31)21-4-10-24(35-2)11-5-21/h4-15,27,30H,3,16-20H2,1-2H3,(H,29,32)/t27-/m0/s1. The minimum absolute atomic E-state index is 0.0354. The van der Waals surface area contributed by atoms with Crippen LogP contribution < -0.4 is 19.5 Å². The lowest BCUT2D eigenvalue weighted by Gasteiger charge is -2.35. The van der Waals surface area contributed by atoms with Gasteiger partial charge >= 0.3 is 0 Å². The van der Waals surface area contributed by atoms with Crippen molar-refractivity contribution >= 4 is 21.6 Å². The van der Waals surface area contributed by atoms with E-state index >= 15 is 0 Å². The average Bonchev–Trinajstić information content (AvgIpc) is 2.95. The highest BCUT2D eigenvalue weighted by molar-refractivity contribution is 7.92. The molecule has 1 aliphatic rings. The number of hydrogen-bond donors (Lipinski definition) is 2. The SMILES string of the molecule is CCOc1ccc(NS(=O)(=O)c2ccc(C(=O)NC[C@@H](c3ccc(OC)cc3)N3CCOCC3)cc2)cc1. The van der Waals surface area contributed by atoms with Crippen molar-refractivity contribution in [2.45, 2.75) is 17.9 Å². The first-order valence-corrected chi connectivity index (χ1v) is 14.0. The lowest BCUT2D eigenvalue weighted by atomic mass is 10.0. The predicted molar refractivity (Wildman–Crippen MR) is 145 cm³/mol. The van der Waals surface area contributed by atoms with Gasteiger partial charge in [0.05, 0.1) is 37.9 Å². The summed E-state index contributed by atoms with van der Waals surface area (Å²) >= 11 is 0. The van der Waals surface area contributed by atoms with E-state index in [9.17, 15) is 13.2 Å². The molecular formula is C28H33N3O6S. The van der Waals surface area contributed by atoms with Gasteiger partial charge in [-0.2, -0.15) is 0 Å². The van der Waals surface area contributed by atoms with E-state index in [4.69, 9.17) is 14.2 Å². The second-order valence-electron chi connectivity index (χ2n) is 8.73. The lowest BCUT2D eigenvalue weighted by molar-refractivity contribution is 0.0162. The van der Waals surface area contributed by atoms with Crippen LogP contribution in [0.3, 0.4) is 0 Å². The molecule has 0 bridgehead atoms. The number of carbonyl (C=O) groups excluding carboxylic acids is 1. The van der Waals surface area contributed by atoms with Gasteiger partial charge in [0.1, 0.15) is 11.5 Å². The number of amides is 1. The molecule has 38 heavy (non-hydrogen) atoms. The van der Waals surface area contributed by atoms with Crippen molar-refractivity contribution < 1.29 is 27.4 Å². The third kappa shape index (κ3) is 7.03. The maximum Gasteiger partial charge on any atom is 0.261 e. The largest absolute Gasteiger partial charge is 0.497 e. The number of rotatable bonds is 11. The summed E-state index contributed by atoms with van der Waals surface area (Å²) in [5.74, 6) is 1.15. The molecule has 0 saturated carbocycles. The predicted octanol–water partition coefficient (Wildman–Crippen LogP) is 3.70. The maximum atomic E-state index is 12.9. The van der Waals surface area contributed by atoms with E-state index in [-0.39, 0.29) is 16.8 Å². The van der Waals surface area contributed by atoms with Gasteiger partial charge in [0.15, 0.2) is 0 Å². The summed E-state index contributed by atoms with van der Waals surface area (Å²) in [6.07, 6.45) is 0. The van der Waals surface area contributed by atoms with E-state index < -0.39 is 10.0 Å². The fourth-order valence-corrected chi connectivity index (χ4v) is 5.31. The Morgan fingerprint density at radius 3 is 2.18 bits per heavy atom. The van der Waals surface area contributed by atoms with E-state index in [2.05, 4.69) is 14.9 Å². The molecular weight excluding hydrogens is 506 g/mol. The van der Waals surface area contributed by atoms with Gasteiger partial charge < -0.3 is 19.5 Å². The Morgan fingerprint density at radius 2 is 1.58 bits per heavy atom. The quantitative estimate of drug-likeness (QED) is 0.383. The van der Waals surface area contributed by atoms with Crippen LogP contribution in [-0.4, -0.2) is 65.8 Å². The molecule has 1 fully saturated rings. The molecule has 1 aliphatic heterocycles. The number of nitrogens with zero attached hydrogens (tertiary/aromatic N) is 1. The molecule has 202 valence electrons. The summed E-state index contributed by atoms with van der Waals surface area (Å²) in [6.45, 7) is 5.61. The number of hydrogen-bond acceptors (Lipinski definition) is 7. The third-order valence-corrected chi connectivity index (χ3v) is 7.68. The highest BCUT2D eigenvalue weighted by Gasteiger charge is 2.24. The van der Waals surface area contributed by atoms with Crippen LogP contribution >= 0.6 is 0 Å². The molecule has 1 amide bonds. The van der Waals surface area contributed by atoms with Crippen LogP contribution in [0.1, 0.15) is 28.9 Å². The van der Waals surface area contributed by atoms with Gasteiger partial charge in [-0.25, -0.2) is 8.42 Å². The van der Waals surface area contributed by atoms with Crippen LogP contribution in [0.15, 0.2) is 77.7 Å². The van der Waals surface area contributed by atoms with Gasteiger partial charge in [0.25, 0.3) is 15.9 Å². The van der Waals surface area contributed by atoms with Gasteiger partial charge in [-0.3, -0.25) is 14.4 Å². The minimum atomic E-state index is -3.81. The van der Waals surface area contributed by atoms with Crippen molar-refractivity contribution in [1.29, 1.82) is 0 Å². The monoisotopic (exact) mass is 539 g/mol. The van der Waals surface area contributed by atoms with Crippen molar-refractivity contribution in [3.63, 3.8) is 0 Å². The molecule has 0 unspecified atom stereocenters. The molecule has 10 heteroatoms. The zero-order valence-electron chi connectivity index (χ0n) is 21.6. The molecule has 1 saturated heterocycles. The third-order valence-electron chi connectivity index (χ3n) is 6.29. The van der Waals surface area contributed by atoms with Gasteiger partial charge in [0, 0.05) is 30.9 Å². The summed E-state index contributed by atoms with van der Waals surface area (Å²) in [4.78, 5) is 15.3. The smallest absolute Gasteiger partial charge is 0.261 e. The molecule has 0 radical (unpaired) electrons. The lowest BCUT2D eigenvalue weighted by Crippen LogP contribution is -2.43. The number of benzene rings is 3. The second-order valence-corrected chi connectivity index (χ2v) is 10.4. The van der Waals surface area contributed by atoms with E-state index in [1.165, 1.54) is 24.3 Å². The number of nitrogens with one attached hydrogen (secondary N) is 2. The van der Waals surface area contributed by atoms with Crippen LogP contribution in [0, 0.1) is 0 Å². The first kappa shape index (κ1) is 27.4. The van der Waals surface area contributed by atoms with E-state index in [1.54, 1.807) is 31.4 Å². The van der Waals surface area contributed by atoms with Crippen molar-refractivity contribution in [3.05, 3.63) is 83.9 Å². The Hall–Kier alpha value is -3.60. The summed E-state index contributed by atoms with van der Waals surface area (Å²) < 4.78 is 44.3. The first-order valence-electron chi connectivity index (χ1n) is 12.5. The molecule has 4 rings (SSSR count). The van der Waals surface area contributed by atoms with Gasteiger partial charge in [-0.15, -0.1) is 0 Å². The Balaban J connectivity index is 1.41. The number of methoxy groups -OCH3 is 1. The van der Waals surface area contributed by atoms with Crippen LogP contribution in [0.5, 0.6) is 11.5 Å². The van der Waals surface area contributed by atoms with Crippen LogP contribution in [-0.2, 0) is 14.8 Å². The Labute approximate surface area is 223 Å².